The predicted molar refractivity (Wildman–Crippen MR) is 129 cm³/mol. The molecule has 5 heteroatoms. The zero-order valence-corrected chi connectivity index (χ0v) is 18.4. The molecule has 0 saturated heterocycles. The first-order chi connectivity index (χ1) is 15.6. The Hall–Kier alpha value is -3.86. The average Bonchev–Trinajstić information content (AvgIpc) is 3.16. The molecule has 32 heavy (non-hydrogen) atoms. The van der Waals surface area contributed by atoms with Gasteiger partial charge < -0.3 is 9.30 Å². The van der Waals surface area contributed by atoms with E-state index < -0.39 is 0 Å². The smallest absolute Gasteiger partial charge is 0.277 e. The molecule has 1 heterocycles. The first kappa shape index (κ1) is 21.4. The summed E-state index contributed by atoms with van der Waals surface area (Å²) in [4.78, 5) is 12.2. The summed E-state index contributed by atoms with van der Waals surface area (Å²) in [6, 6.07) is 26.3. The van der Waals surface area contributed by atoms with Gasteiger partial charge in [-0.3, -0.25) is 4.79 Å². The first-order valence-corrected chi connectivity index (χ1v) is 10.8. The van der Waals surface area contributed by atoms with Crippen LogP contribution in [-0.2, 0) is 11.3 Å². The van der Waals surface area contributed by atoms with E-state index in [0.717, 1.165) is 34.3 Å². The van der Waals surface area contributed by atoms with Crippen LogP contribution in [0, 0.1) is 0 Å². The Balaban J connectivity index is 1.42. The van der Waals surface area contributed by atoms with E-state index in [1.165, 1.54) is 5.56 Å². The highest BCUT2D eigenvalue weighted by atomic mass is 16.5. The monoisotopic (exact) mass is 425 g/mol. The van der Waals surface area contributed by atoms with E-state index in [-0.39, 0.29) is 12.5 Å². The SMILES string of the molecule is CC(C)c1ccccc1OCC(=O)N/N=C/c1cn(Cc2ccccc2)c2ccccc12. The quantitative estimate of drug-likeness (QED) is 0.306. The number of benzene rings is 3. The Morgan fingerprint density at radius 2 is 1.72 bits per heavy atom. The number of fused-ring (bicyclic) bond motifs is 1. The first-order valence-electron chi connectivity index (χ1n) is 10.8. The Kier molecular flexibility index (Phi) is 6.66. The summed E-state index contributed by atoms with van der Waals surface area (Å²) in [7, 11) is 0. The van der Waals surface area contributed by atoms with Crippen LogP contribution in [0.5, 0.6) is 5.75 Å². The molecule has 0 bridgehead atoms. The Morgan fingerprint density at radius 1 is 1.00 bits per heavy atom. The minimum atomic E-state index is -0.298. The number of hydrogen-bond acceptors (Lipinski definition) is 3. The number of carbonyl (C=O) groups excluding carboxylic acids is 1. The number of rotatable bonds is 8. The van der Waals surface area contributed by atoms with E-state index >= 15 is 0 Å². The number of ether oxygens (including phenoxy) is 1. The van der Waals surface area contributed by atoms with Gasteiger partial charge in [0.15, 0.2) is 6.61 Å². The third-order valence-electron chi connectivity index (χ3n) is 5.31. The van der Waals surface area contributed by atoms with Gasteiger partial charge in [0.25, 0.3) is 5.91 Å². The lowest BCUT2D eigenvalue weighted by Gasteiger charge is -2.12. The van der Waals surface area contributed by atoms with Crippen molar-refractivity contribution in [3.8, 4) is 5.75 Å². The summed E-state index contributed by atoms with van der Waals surface area (Å²) in [5.41, 5.74) is 6.94. The standard InChI is InChI=1S/C27H27N3O2/c1-20(2)23-12-7-9-15-26(23)32-19-27(31)29-28-16-22-18-30(17-21-10-4-3-5-11-21)25-14-8-6-13-24(22)25/h3-16,18,20H,17,19H2,1-2H3,(H,29,31)/b28-16+. The minimum absolute atomic E-state index is 0.0865. The third kappa shape index (κ3) is 5.06. The van der Waals surface area contributed by atoms with E-state index in [1.807, 2.05) is 54.6 Å². The van der Waals surface area contributed by atoms with Crippen LogP contribution in [0.2, 0.25) is 0 Å². The molecule has 162 valence electrons. The second-order valence-electron chi connectivity index (χ2n) is 7.99. The van der Waals surface area contributed by atoms with E-state index in [1.54, 1.807) is 6.21 Å². The number of hydrogen-bond donors (Lipinski definition) is 1. The minimum Gasteiger partial charge on any atom is -0.483 e. The predicted octanol–water partition coefficient (Wildman–Crippen LogP) is 5.34. The highest BCUT2D eigenvalue weighted by Crippen LogP contribution is 2.25. The van der Waals surface area contributed by atoms with Crippen LogP contribution in [-0.4, -0.2) is 23.3 Å². The Morgan fingerprint density at radius 3 is 2.53 bits per heavy atom. The number of amides is 1. The van der Waals surface area contributed by atoms with Crippen molar-refractivity contribution in [1.82, 2.24) is 9.99 Å². The van der Waals surface area contributed by atoms with Gasteiger partial charge in [-0.1, -0.05) is 80.6 Å². The summed E-state index contributed by atoms with van der Waals surface area (Å²) in [5.74, 6) is 0.749. The number of hydrazone groups is 1. The van der Waals surface area contributed by atoms with Crippen LogP contribution in [0.15, 0.2) is 90.2 Å². The molecular formula is C27H27N3O2. The van der Waals surface area contributed by atoms with Crippen molar-refractivity contribution in [2.24, 2.45) is 5.10 Å². The van der Waals surface area contributed by atoms with Crippen LogP contribution >= 0.6 is 0 Å². The number of nitrogens with one attached hydrogen (secondary N) is 1. The maximum absolute atomic E-state index is 12.2. The molecule has 0 spiro atoms. The number of nitrogens with zero attached hydrogens (tertiary/aromatic N) is 2. The molecule has 0 atom stereocenters. The maximum atomic E-state index is 12.2. The number of para-hydroxylation sites is 2. The van der Waals surface area contributed by atoms with Crippen LogP contribution in [0.1, 0.15) is 36.5 Å². The van der Waals surface area contributed by atoms with Gasteiger partial charge in [-0.15, -0.1) is 0 Å². The second-order valence-corrected chi connectivity index (χ2v) is 7.99. The molecule has 0 radical (unpaired) electrons. The van der Waals surface area contributed by atoms with Crippen molar-refractivity contribution in [3.05, 3.63) is 102 Å². The molecule has 4 aromatic rings. The van der Waals surface area contributed by atoms with Gasteiger partial charge >= 0.3 is 0 Å². The maximum Gasteiger partial charge on any atom is 0.277 e. The van der Waals surface area contributed by atoms with E-state index in [9.17, 15) is 4.79 Å². The molecule has 3 aromatic carbocycles. The molecule has 0 aliphatic heterocycles. The summed E-state index contributed by atoms with van der Waals surface area (Å²) < 4.78 is 7.91. The molecule has 0 saturated carbocycles. The van der Waals surface area contributed by atoms with Crippen LogP contribution in [0.25, 0.3) is 10.9 Å². The molecule has 5 nitrogen and oxygen atoms in total. The van der Waals surface area contributed by atoms with Crippen molar-refractivity contribution in [2.75, 3.05) is 6.61 Å². The van der Waals surface area contributed by atoms with E-state index in [4.69, 9.17) is 4.74 Å². The fraction of sp³-hybridized carbons (Fsp3) is 0.185. The van der Waals surface area contributed by atoms with Gasteiger partial charge in [0.05, 0.1) is 6.21 Å². The van der Waals surface area contributed by atoms with E-state index in [2.05, 4.69) is 59.4 Å². The number of aromatic nitrogens is 1. The molecule has 0 aliphatic carbocycles. The summed E-state index contributed by atoms with van der Waals surface area (Å²) in [6.45, 7) is 4.88. The lowest BCUT2D eigenvalue weighted by Crippen LogP contribution is -2.24. The molecule has 0 fully saturated rings. The average molecular weight is 426 g/mol. The lowest BCUT2D eigenvalue weighted by atomic mass is 10.0. The Bertz CT molecular complexity index is 1230. The molecule has 0 aliphatic rings. The second kappa shape index (κ2) is 9.96. The fourth-order valence-electron chi connectivity index (χ4n) is 3.73. The van der Waals surface area contributed by atoms with Crippen LogP contribution in [0.3, 0.4) is 0 Å². The van der Waals surface area contributed by atoms with Crippen LogP contribution < -0.4 is 10.2 Å². The Labute approximate surface area is 188 Å². The van der Waals surface area contributed by atoms with Crippen molar-refractivity contribution >= 4 is 23.0 Å². The summed E-state index contributed by atoms with van der Waals surface area (Å²) in [6.07, 6.45) is 3.74. The van der Waals surface area contributed by atoms with Crippen molar-refractivity contribution in [2.45, 2.75) is 26.3 Å². The van der Waals surface area contributed by atoms with Crippen LogP contribution in [0.4, 0.5) is 0 Å². The molecule has 4 rings (SSSR count). The normalized spacial score (nSPS) is 11.3. The zero-order valence-electron chi connectivity index (χ0n) is 18.4. The van der Waals surface area contributed by atoms with Gasteiger partial charge in [-0.2, -0.15) is 5.10 Å². The van der Waals surface area contributed by atoms with E-state index in [0.29, 0.717) is 5.92 Å². The fourth-order valence-corrected chi connectivity index (χ4v) is 3.73. The highest BCUT2D eigenvalue weighted by Gasteiger charge is 2.10. The molecule has 1 aromatic heterocycles. The third-order valence-corrected chi connectivity index (χ3v) is 5.31. The van der Waals surface area contributed by atoms with Crippen molar-refractivity contribution in [3.63, 3.8) is 0 Å². The lowest BCUT2D eigenvalue weighted by molar-refractivity contribution is -0.123. The largest absolute Gasteiger partial charge is 0.483 e. The molecular weight excluding hydrogens is 398 g/mol. The van der Waals surface area contributed by atoms with Gasteiger partial charge in [-0.05, 0) is 29.2 Å². The summed E-state index contributed by atoms with van der Waals surface area (Å²) >= 11 is 0. The zero-order chi connectivity index (χ0) is 22.3. The van der Waals surface area contributed by atoms with Crippen molar-refractivity contribution in [1.29, 1.82) is 0 Å². The van der Waals surface area contributed by atoms with Gasteiger partial charge in [0.2, 0.25) is 0 Å². The molecule has 0 unspecified atom stereocenters. The molecule has 1 N–H and O–H groups in total. The number of carbonyl (C=O) groups is 1. The van der Waals surface area contributed by atoms with Gasteiger partial charge in [-0.25, -0.2) is 5.43 Å². The molecule has 1 amide bonds. The van der Waals surface area contributed by atoms with Crippen molar-refractivity contribution < 1.29 is 9.53 Å². The van der Waals surface area contributed by atoms with Gasteiger partial charge in [0.1, 0.15) is 5.75 Å². The highest BCUT2D eigenvalue weighted by molar-refractivity contribution is 5.99. The summed E-state index contributed by atoms with van der Waals surface area (Å²) in [5, 5.41) is 5.25. The van der Waals surface area contributed by atoms with Gasteiger partial charge in [0, 0.05) is 29.2 Å². The topological polar surface area (TPSA) is 55.6 Å².